The summed E-state index contributed by atoms with van der Waals surface area (Å²) in [5.41, 5.74) is 1.93. The Morgan fingerprint density at radius 1 is 1.33 bits per heavy atom. The molecule has 1 heterocycles. The lowest BCUT2D eigenvalue weighted by Gasteiger charge is -2.26. The summed E-state index contributed by atoms with van der Waals surface area (Å²) >= 11 is 3.53. The second kappa shape index (κ2) is 6.49. The highest BCUT2D eigenvalue weighted by atomic mass is 79.9. The van der Waals surface area contributed by atoms with Crippen LogP contribution < -0.4 is 5.32 Å². The van der Waals surface area contributed by atoms with Gasteiger partial charge in [-0.05, 0) is 73.1 Å². The summed E-state index contributed by atoms with van der Waals surface area (Å²) < 4.78 is 0.901. The molecule has 3 nitrogen and oxygen atoms in total. The molecule has 1 unspecified atom stereocenters. The first-order chi connectivity index (χ1) is 10.1. The molecule has 2 aliphatic rings. The van der Waals surface area contributed by atoms with E-state index in [0.717, 1.165) is 41.2 Å². The average Bonchev–Trinajstić information content (AvgIpc) is 3.13. The molecule has 1 saturated carbocycles. The Bertz CT molecular complexity index is 522. The van der Waals surface area contributed by atoms with Gasteiger partial charge in [-0.25, -0.2) is 0 Å². The number of halogens is 1. The Labute approximate surface area is 135 Å². The molecule has 1 aromatic carbocycles. The molecule has 2 fully saturated rings. The third-order valence-electron chi connectivity index (χ3n) is 4.42. The van der Waals surface area contributed by atoms with E-state index in [-0.39, 0.29) is 5.91 Å². The standard InChI is InChI=1S/C17H23BrN2O/c1-12-4-7-16(18)15(9-12)17(21)20(10-13-5-6-13)11-14-3-2-8-19-14/h4,7,9,13-14,19H,2-3,5-6,8,10-11H2,1H3. The minimum atomic E-state index is 0.172. The van der Waals surface area contributed by atoms with Crippen LogP contribution in [-0.4, -0.2) is 36.5 Å². The van der Waals surface area contributed by atoms with Gasteiger partial charge < -0.3 is 10.2 Å². The number of carbonyl (C=O) groups is 1. The number of amides is 1. The van der Waals surface area contributed by atoms with E-state index in [4.69, 9.17) is 0 Å². The number of hydrogen-bond acceptors (Lipinski definition) is 2. The van der Waals surface area contributed by atoms with Gasteiger partial charge >= 0.3 is 0 Å². The molecule has 21 heavy (non-hydrogen) atoms. The third kappa shape index (κ3) is 3.86. The Morgan fingerprint density at radius 2 is 2.14 bits per heavy atom. The summed E-state index contributed by atoms with van der Waals surface area (Å²) in [5.74, 6) is 0.894. The number of benzene rings is 1. The van der Waals surface area contributed by atoms with Gasteiger partial charge in [-0.2, -0.15) is 0 Å². The van der Waals surface area contributed by atoms with Crippen molar-refractivity contribution in [1.82, 2.24) is 10.2 Å². The van der Waals surface area contributed by atoms with Crippen molar-refractivity contribution < 1.29 is 4.79 Å². The molecule has 1 saturated heterocycles. The summed E-state index contributed by atoms with van der Waals surface area (Å²) in [6, 6.07) is 6.47. The van der Waals surface area contributed by atoms with E-state index < -0.39 is 0 Å². The van der Waals surface area contributed by atoms with Crippen LogP contribution in [0.15, 0.2) is 22.7 Å². The van der Waals surface area contributed by atoms with Crippen molar-refractivity contribution in [3.63, 3.8) is 0 Å². The topological polar surface area (TPSA) is 32.3 Å². The van der Waals surface area contributed by atoms with Gasteiger partial charge in [0.1, 0.15) is 0 Å². The minimum absolute atomic E-state index is 0.172. The molecule has 114 valence electrons. The molecule has 0 bridgehead atoms. The van der Waals surface area contributed by atoms with Gasteiger partial charge in [-0.15, -0.1) is 0 Å². The fourth-order valence-corrected chi connectivity index (χ4v) is 3.42. The predicted molar refractivity (Wildman–Crippen MR) is 88.5 cm³/mol. The molecule has 1 amide bonds. The number of nitrogens with zero attached hydrogens (tertiary/aromatic N) is 1. The van der Waals surface area contributed by atoms with Crippen LogP contribution in [0, 0.1) is 12.8 Å². The molecule has 4 heteroatoms. The monoisotopic (exact) mass is 350 g/mol. The van der Waals surface area contributed by atoms with Crippen molar-refractivity contribution in [3.05, 3.63) is 33.8 Å². The lowest BCUT2D eigenvalue weighted by Crippen LogP contribution is -2.42. The smallest absolute Gasteiger partial charge is 0.255 e. The van der Waals surface area contributed by atoms with Crippen LogP contribution in [0.4, 0.5) is 0 Å². The number of nitrogens with one attached hydrogen (secondary N) is 1. The highest BCUT2D eigenvalue weighted by Gasteiger charge is 2.30. The Kier molecular flexibility index (Phi) is 4.65. The summed E-state index contributed by atoms with van der Waals surface area (Å²) in [6.07, 6.45) is 4.96. The molecular weight excluding hydrogens is 328 g/mol. The van der Waals surface area contributed by atoms with E-state index >= 15 is 0 Å². The minimum Gasteiger partial charge on any atom is -0.337 e. The normalized spacial score (nSPS) is 21.5. The first-order valence-corrected chi connectivity index (χ1v) is 8.71. The highest BCUT2D eigenvalue weighted by molar-refractivity contribution is 9.10. The van der Waals surface area contributed by atoms with Crippen LogP contribution in [0.1, 0.15) is 41.6 Å². The molecule has 0 radical (unpaired) electrons. The first kappa shape index (κ1) is 15.0. The highest BCUT2D eigenvalue weighted by Crippen LogP contribution is 2.31. The van der Waals surface area contributed by atoms with E-state index in [1.54, 1.807) is 0 Å². The summed E-state index contributed by atoms with van der Waals surface area (Å²) in [5, 5.41) is 3.51. The van der Waals surface area contributed by atoms with Crippen molar-refractivity contribution in [2.45, 2.75) is 38.6 Å². The average molecular weight is 351 g/mol. The number of aryl methyl sites for hydroxylation is 1. The van der Waals surface area contributed by atoms with E-state index in [1.807, 2.05) is 25.1 Å². The van der Waals surface area contributed by atoms with Gasteiger partial charge in [0.2, 0.25) is 0 Å². The Balaban J connectivity index is 1.76. The zero-order chi connectivity index (χ0) is 14.8. The van der Waals surface area contributed by atoms with Crippen molar-refractivity contribution in [1.29, 1.82) is 0 Å². The Hall–Kier alpha value is -0.870. The van der Waals surface area contributed by atoms with E-state index in [1.165, 1.54) is 25.7 Å². The molecule has 0 aromatic heterocycles. The van der Waals surface area contributed by atoms with Crippen LogP contribution in [0.25, 0.3) is 0 Å². The fraction of sp³-hybridized carbons (Fsp3) is 0.588. The zero-order valence-corrected chi connectivity index (χ0v) is 14.2. The van der Waals surface area contributed by atoms with Crippen molar-refractivity contribution in [2.24, 2.45) is 5.92 Å². The van der Waals surface area contributed by atoms with Crippen molar-refractivity contribution >= 4 is 21.8 Å². The quantitative estimate of drug-likeness (QED) is 0.882. The number of rotatable bonds is 5. The first-order valence-electron chi connectivity index (χ1n) is 7.92. The molecule has 1 aliphatic carbocycles. The van der Waals surface area contributed by atoms with Gasteiger partial charge in [0.25, 0.3) is 5.91 Å². The Morgan fingerprint density at radius 3 is 2.81 bits per heavy atom. The largest absolute Gasteiger partial charge is 0.337 e. The van der Waals surface area contributed by atoms with E-state index in [2.05, 4.69) is 26.1 Å². The van der Waals surface area contributed by atoms with Gasteiger partial charge in [0.15, 0.2) is 0 Å². The van der Waals surface area contributed by atoms with Crippen LogP contribution >= 0.6 is 15.9 Å². The van der Waals surface area contributed by atoms with Gasteiger partial charge in [0, 0.05) is 23.6 Å². The third-order valence-corrected chi connectivity index (χ3v) is 5.11. The lowest BCUT2D eigenvalue weighted by molar-refractivity contribution is 0.0732. The van der Waals surface area contributed by atoms with Gasteiger partial charge in [-0.1, -0.05) is 11.6 Å². The molecule has 1 atom stereocenters. The second-order valence-electron chi connectivity index (χ2n) is 6.43. The zero-order valence-electron chi connectivity index (χ0n) is 12.6. The maximum absolute atomic E-state index is 12.9. The molecule has 1 aliphatic heterocycles. The van der Waals surface area contributed by atoms with Crippen LogP contribution in [-0.2, 0) is 0 Å². The summed E-state index contributed by atoms with van der Waals surface area (Å²) in [6.45, 7) is 4.88. The van der Waals surface area contributed by atoms with Crippen molar-refractivity contribution in [2.75, 3.05) is 19.6 Å². The molecule has 1 N–H and O–H groups in total. The van der Waals surface area contributed by atoms with E-state index in [9.17, 15) is 4.79 Å². The summed E-state index contributed by atoms with van der Waals surface area (Å²) in [7, 11) is 0. The predicted octanol–water partition coefficient (Wildman–Crippen LogP) is 3.36. The SMILES string of the molecule is Cc1ccc(Br)c(C(=O)N(CC2CC2)CC2CCCN2)c1. The maximum atomic E-state index is 12.9. The lowest BCUT2D eigenvalue weighted by atomic mass is 10.1. The molecule has 0 spiro atoms. The van der Waals surface area contributed by atoms with Crippen LogP contribution in [0.3, 0.4) is 0 Å². The summed E-state index contributed by atoms with van der Waals surface area (Å²) in [4.78, 5) is 15.0. The van der Waals surface area contributed by atoms with Gasteiger partial charge in [-0.3, -0.25) is 4.79 Å². The maximum Gasteiger partial charge on any atom is 0.255 e. The van der Waals surface area contributed by atoms with Crippen LogP contribution in [0.2, 0.25) is 0 Å². The van der Waals surface area contributed by atoms with Crippen LogP contribution in [0.5, 0.6) is 0 Å². The second-order valence-corrected chi connectivity index (χ2v) is 7.28. The number of carbonyl (C=O) groups excluding carboxylic acids is 1. The molecule has 1 aromatic rings. The molecular formula is C17H23BrN2O. The fourth-order valence-electron chi connectivity index (χ4n) is 3.00. The number of hydrogen-bond donors (Lipinski definition) is 1. The van der Waals surface area contributed by atoms with Gasteiger partial charge in [0.05, 0.1) is 5.56 Å². The molecule has 3 rings (SSSR count). The van der Waals surface area contributed by atoms with E-state index in [0.29, 0.717) is 6.04 Å². The van der Waals surface area contributed by atoms with Crippen molar-refractivity contribution in [3.8, 4) is 0 Å².